The molecule has 2 aromatic rings. The lowest BCUT2D eigenvalue weighted by molar-refractivity contribution is -0.900. The second kappa shape index (κ2) is 12.6. The second-order valence-corrected chi connectivity index (χ2v) is 8.68. The standard InChI is InChI=1S/C22H26Cl3N3O2.ClH/c1-16-5-2-3-6-20(16)28-11-9-27(10-12-28)8-4-7-26-22(29)15-30-21-14-18(24)17(23)13-19(21)25;/h2-3,5-6,13-14H,4,7-12,15H2,1H3,(H,26,29);1H. The van der Waals surface area contributed by atoms with Crippen molar-refractivity contribution in [3.8, 4) is 5.75 Å². The molecule has 31 heavy (non-hydrogen) atoms. The predicted molar refractivity (Wildman–Crippen MR) is 124 cm³/mol. The van der Waals surface area contributed by atoms with Crippen molar-refractivity contribution in [1.82, 2.24) is 5.32 Å². The van der Waals surface area contributed by atoms with E-state index in [9.17, 15) is 4.79 Å². The molecule has 2 N–H and O–H groups in total. The molecule has 0 radical (unpaired) electrons. The highest BCUT2D eigenvalue weighted by Gasteiger charge is 2.20. The van der Waals surface area contributed by atoms with Crippen molar-refractivity contribution in [2.24, 2.45) is 0 Å². The first-order valence-corrected chi connectivity index (χ1v) is 11.3. The van der Waals surface area contributed by atoms with Crippen LogP contribution in [0.3, 0.4) is 0 Å². The number of amides is 1. The smallest absolute Gasteiger partial charge is 0.257 e. The minimum Gasteiger partial charge on any atom is -1.00 e. The van der Waals surface area contributed by atoms with Crippen LogP contribution >= 0.6 is 34.8 Å². The van der Waals surface area contributed by atoms with Gasteiger partial charge in [0.25, 0.3) is 5.91 Å². The number of para-hydroxylation sites is 1. The number of quaternary nitrogens is 1. The maximum Gasteiger partial charge on any atom is 0.257 e. The summed E-state index contributed by atoms with van der Waals surface area (Å²) in [5.41, 5.74) is 2.67. The van der Waals surface area contributed by atoms with E-state index in [1.807, 2.05) is 0 Å². The molecule has 0 spiro atoms. The Balaban J connectivity index is 0.00000341. The van der Waals surface area contributed by atoms with Crippen LogP contribution in [0.5, 0.6) is 5.75 Å². The van der Waals surface area contributed by atoms with Gasteiger partial charge in [0.15, 0.2) is 6.61 Å². The van der Waals surface area contributed by atoms with Gasteiger partial charge in [-0.15, -0.1) is 0 Å². The number of nitrogens with zero attached hydrogens (tertiary/aromatic N) is 1. The third-order valence-corrected chi connectivity index (χ3v) is 6.31. The quantitative estimate of drug-likeness (QED) is 0.398. The van der Waals surface area contributed by atoms with Gasteiger partial charge in [-0.05, 0) is 24.6 Å². The molecule has 5 nitrogen and oxygen atoms in total. The van der Waals surface area contributed by atoms with E-state index in [0.29, 0.717) is 27.4 Å². The fourth-order valence-electron chi connectivity index (χ4n) is 3.61. The molecule has 0 aliphatic carbocycles. The number of aryl methyl sites for hydroxylation is 1. The van der Waals surface area contributed by atoms with E-state index < -0.39 is 0 Å². The molecule has 1 aliphatic heterocycles. The normalized spacial score (nSPS) is 14.1. The lowest BCUT2D eigenvalue weighted by Crippen LogP contribution is -3.15. The highest BCUT2D eigenvalue weighted by atomic mass is 35.5. The van der Waals surface area contributed by atoms with Gasteiger partial charge < -0.3 is 32.3 Å². The molecule has 3 rings (SSSR count). The monoisotopic (exact) mass is 505 g/mol. The van der Waals surface area contributed by atoms with Crippen LogP contribution < -0.4 is 32.3 Å². The van der Waals surface area contributed by atoms with Crippen LogP contribution in [0.1, 0.15) is 12.0 Å². The first-order valence-electron chi connectivity index (χ1n) is 10.1. The number of hydrogen-bond donors (Lipinski definition) is 2. The largest absolute Gasteiger partial charge is 1.00 e. The molecule has 170 valence electrons. The summed E-state index contributed by atoms with van der Waals surface area (Å²) >= 11 is 17.9. The minimum atomic E-state index is -0.184. The number of hydrogen-bond acceptors (Lipinski definition) is 3. The average molecular weight is 507 g/mol. The third-order valence-electron chi connectivity index (χ3n) is 5.29. The van der Waals surface area contributed by atoms with Gasteiger partial charge in [0.2, 0.25) is 0 Å². The Hall–Kier alpha value is -1.37. The molecule has 9 heteroatoms. The van der Waals surface area contributed by atoms with Crippen molar-refractivity contribution in [3.63, 3.8) is 0 Å². The predicted octanol–water partition coefficient (Wildman–Crippen LogP) is 0.249. The lowest BCUT2D eigenvalue weighted by Gasteiger charge is -2.34. The summed E-state index contributed by atoms with van der Waals surface area (Å²) in [4.78, 5) is 16.1. The van der Waals surface area contributed by atoms with Crippen LogP contribution in [0.4, 0.5) is 5.69 Å². The van der Waals surface area contributed by atoms with Gasteiger partial charge >= 0.3 is 0 Å². The summed E-state index contributed by atoms with van der Waals surface area (Å²) in [7, 11) is 0. The number of rotatable bonds is 8. The van der Waals surface area contributed by atoms with Gasteiger partial charge in [0, 0.05) is 24.7 Å². The van der Waals surface area contributed by atoms with Crippen molar-refractivity contribution in [1.29, 1.82) is 0 Å². The third kappa shape index (κ3) is 7.62. The van der Waals surface area contributed by atoms with E-state index in [4.69, 9.17) is 39.5 Å². The molecule has 1 aliphatic rings. The molecule has 0 aromatic heterocycles. The Morgan fingerprint density at radius 3 is 2.48 bits per heavy atom. The van der Waals surface area contributed by atoms with E-state index >= 15 is 0 Å². The van der Waals surface area contributed by atoms with E-state index in [2.05, 4.69) is 41.4 Å². The minimum absolute atomic E-state index is 0. The number of nitrogens with one attached hydrogen (secondary N) is 2. The highest BCUT2D eigenvalue weighted by molar-refractivity contribution is 6.43. The van der Waals surface area contributed by atoms with Crippen molar-refractivity contribution in [2.45, 2.75) is 13.3 Å². The SMILES string of the molecule is Cc1ccccc1N1CC[NH+](CCCNC(=O)COc2cc(Cl)c(Cl)cc2Cl)CC1.[Cl-]. The second-order valence-electron chi connectivity index (χ2n) is 7.46. The molecule has 1 heterocycles. The number of carbonyl (C=O) groups excluding carboxylic acids is 1. The molecule has 0 saturated carbocycles. The van der Waals surface area contributed by atoms with Gasteiger partial charge in [-0.2, -0.15) is 0 Å². The van der Waals surface area contributed by atoms with E-state index in [1.54, 1.807) is 4.90 Å². The van der Waals surface area contributed by atoms with Crippen molar-refractivity contribution >= 4 is 46.4 Å². The lowest BCUT2D eigenvalue weighted by atomic mass is 10.1. The molecule has 1 amide bonds. The molecular formula is C22H27Cl4N3O2. The molecule has 1 fully saturated rings. The zero-order valence-corrected chi connectivity index (χ0v) is 20.4. The fourth-order valence-corrected chi connectivity index (χ4v) is 4.20. The summed E-state index contributed by atoms with van der Waals surface area (Å²) in [6.45, 7) is 8.07. The molecule has 0 bridgehead atoms. The molecule has 2 aromatic carbocycles. The van der Waals surface area contributed by atoms with Crippen LogP contribution in [-0.4, -0.2) is 51.8 Å². The van der Waals surface area contributed by atoms with Crippen molar-refractivity contribution < 1.29 is 26.8 Å². The molecule has 0 atom stereocenters. The maximum absolute atomic E-state index is 12.0. The van der Waals surface area contributed by atoms with Crippen molar-refractivity contribution in [3.05, 3.63) is 57.0 Å². The number of ether oxygens (including phenoxy) is 1. The van der Waals surface area contributed by atoms with E-state index in [1.165, 1.54) is 23.4 Å². The number of anilines is 1. The Morgan fingerprint density at radius 2 is 1.77 bits per heavy atom. The Bertz CT molecular complexity index is 874. The number of carbonyl (C=O) groups is 1. The Labute approximate surface area is 205 Å². The van der Waals surface area contributed by atoms with Gasteiger partial charge in [0.05, 0.1) is 47.8 Å². The molecular weight excluding hydrogens is 480 g/mol. The van der Waals surface area contributed by atoms with Crippen molar-refractivity contribution in [2.75, 3.05) is 50.8 Å². The van der Waals surface area contributed by atoms with Gasteiger partial charge in [0.1, 0.15) is 5.75 Å². The van der Waals surface area contributed by atoms with E-state index in [-0.39, 0.29) is 24.9 Å². The Kier molecular flexibility index (Phi) is 10.5. The first kappa shape index (κ1) is 25.9. The van der Waals surface area contributed by atoms with Crippen LogP contribution in [-0.2, 0) is 4.79 Å². The molecule has 0 unspecified atom stereocenters. The highest BCUT2D eigenvalue weighted by Crippen LogP contribution is 2.33. The van der Waals surface area contributed by atoms with Crippen LogP contribution in [0.2, 0.25) is 15.1 Å². The summed E-state index contributed by atoms with van der Waals surface area (Å²) in [5, 5.41) is 3.90. The van der Waals surface area contributed by atoms with Gasteiger partial charge in [-0.25, -0.2) is 0 Å². The maximum atomic E-state index is 12.0. The number of halogens is 4. The molecule has 1 saturated heterocycles. The zero-order valence-electron chi connectivity index (χ0n) is 17.4. The fraction of sp³-hybridized carbons (Fsp3) is 0.409. The number of benzene rings is 2. The summed E-state index contributed by atoms with van der Waals surface area (Å²) < 4.78 is 5.45. The summed E-state index contributed by atoms with van der Waals surface area (Å²) in [6, 6.07) is 11.6. The topological polar surface area (TPSA) is 46.0 Å². The summed E-state index contributed by atoms with van der Waals surface area (Å²) in [5.74, 6) is 0.161. The van der Waals surface area contributed by atoms with Crippen LogP contribution in [0.15, 0.2) is 36.4 Å². The summed E-state index contributed by atoms with van der Waals surface area (Å²) in [6.07, 6.45) is 0.930. The number of piperazine rings is 1. The average Bonchev–Trinajstić information content (AvgIpc) is 2.74. The van der Waals surface area contributed by atoms with Crippen LogP contribution in [0.25, 0.3) is 0 Å². The van der Waals surface area contributed by atoms with E-state index in [0.717, 1.165) is 39.1 Å². The zero-order chi connectivity index (χ0) is 21.5. The van der Waals surface area contributed by atoms with Crippen LogP contribution in [0, 0.1) is 6.92 Å². The Morgan fingerprint density at radius 1 is 1.10 bits per heavy atom. The first-order chi connectivity index (χ1) is 14.4. The van der Waals surface area contributed by atoms with Gasteiger partial charge in [-0.1, -0.05) is 53.0 Å². The van der Waals surface area contributed by atoms with Gasteiger partial charge in [-0.3, -0.25) is 4.79 Å².